The van der Waals surface area contributed by atoms with Crippen molar-refractivity contribution in [2.75, 3.05) is 32.2 Å². The summed E-state index contributed by atoms with van der Waals surface area (Å²) in [4.78, 5) is 45.5. The number of benzene rings is 1. The van der Waals surface area contributed by atoms with Crippen molar-refractivity contribution in [3.05, 3.63) is 30.1 Å². The zero-order valence-electron chi connectivity index (χ0n) is 41.4. The number of aromatic nitrogens is 3. The number of hydrogen-bond donors (Lipinski definition) is 2. The Morgan fingerprint density at radius 2 is 1.17 bits per heavy atom. The highest BCUT2D eigenvalue weighted by atomic mass is 31.2. The summed E-state index contributed by atoms with van der Waals surface area (Å²) in [5.41, 5.74) is 8.56. The Kier molecular flexibility index (Phi) is 31.2. The largest absolute Gasteiger partial charge is 0.472 e. The SMILES string of the molecule is CCCCCCCCCCCCCCCC(=O)OC[C@H](COP(=O)(O)OCCCCn1c(COCC)nc2c(N)nc3ccccc3c21)OC(=O)CCCCCCCCCCCCCCC. The lowest BCUT2D eigenvalue weighted by Crippen LogP contribution is -2.29. The predicted molar refractivity (Wildman–Crippen MR) is 267 cm³/mol. The van der Waals surface area contributed by atoms with Crippen molar-refractivity contribution in [2.24, 2.45) is 0 Å². The van der Waals surface area contributed by atoms with E-state index in [2.05, 4.69) is 23.4 Å². The summed E-state index contributed by atoms with van der Waals surface area (Å²) in [6.45, 7) is 7.02. The number of ether oxygens (including phenoxy) is 3. The lowest BCUT2D eigenvalue weighted by Gasteiger charge is -2.20. The van der Waals surface area contributed by atoms with E-state index in [4.69, 9.17) is 34.0 Å². The minimum absolute atomic E-state index is 0.0523. The first kappa shape index (κ1) is 57.2. The molecule has 0 radical (unpaired) electrons. The number of imidazole rings is 1. The Balaban J connectivity index is 1.42. The van der Waals surface area contributed by atoms with Crippen LogP contribution < -0.4 is 5.73 Å². The summed E-state index contributed by atoms with van der Waals surface area (Å²) in [6.07, 6.45) is 31.8. The lowest BCUT2D eigenvalue weighted by molar-refractivity contribution is -0.161. The molecule has 2 aromatic heterocycles. The van der Waals surface area contributed by atoms with Gasteiger partial charge in [-0.25, -0.2) is 14.5 Å². The van der Waals surface area contributed by atoms with Gasteiger partial charge in [0.05, 0.1) is 24.2 Å². The number of unbranched alkanes of at least 4 members (excludes halogenated alkanes) is 25. The summed E-state index contributed by atoms with van der Waals surface area (Å²) in [5.74, 6) is 0.221. The first-order chi connectivity index (χ1) is 32.2. The van der Waals surface area contributed by atoms with Gasteiger partial charge in [0.25, 0.3) is 0 Å². The maximum Gasteiger partial charge on any atom is 0.472 e. The van der Waals surface area contributed by atoms with Crippen molar-refractivity contribution in [1.29, 1.82) is 0 Å². The van der Waals surface area contributed by atoms with E-state index in [1.54, 1.807) is 0 Å². The van der Waals surface area contributed by atoms with Crippen LogP contribution in [0.4, 0.5) is 5.82 Å². The molecule has 0 aliphatic rings. The molecule has 0 saturated heterocycles. The van der Waals surface area contributed by atoms with E-state index in [9.17, 15) is 19.0 Å². The van der Waals surface area contributed by atoms with Crippen LogP contribution in [0.1, 0.15) is 219 Å². The van der Waals surface area contributed by atoms with E-state index in [0.717, 1.165) is 54.9 Å². The molecule has 376 valence electrons. The molecule has 0 aliphatic heterocycles. The first-order valence-electron chi connectivity index (χ1n) is 26.3. The Hall–Kier alpha value is -3.09. The minimum Gasteiger partial charge on any atom is -0.462 e. The third kappa shape index (κ3) is 24.8. The summed E-state index contributed by atoms with van der Waals surface area (Å²) >= 11 is 0. The van der Waals surface area contributed by atoms with Gasteiger partial charge in [0, 0.05) is 31.4 Å². The lowest BCUT2D eigenvalue weighted by atomic mass is 10.0. The van der Waals surface area contributed by atoms with Crippen LogP contribution in [-0.2, 0) is 50.6 Å². The molecule has 3 aromatic rings. The summed E-state index contributed by atoms with van der Waals surface area (Å²) < 4.78 is 42.7. The molecule has 14 heteroatoms. The van der Waals surface area contributed by atoms with Gasteiger partial charge in [0.1, 0.15) is 24.6 Å². The molecular formula is C52H89N4O9P. The van der Waals surface area contributed by atoms with Crippen LogP contribution in [0, 0.1) is 0 Å². The second-order valence-electron chi connectivity index (χ2n) is 18.1. The number of rotatable bonds is 43. The van der Waals surface area contributed by atoms with Gasteiger partial charge in [0.15, 0.2) is 11.9 Å². The van der Waals surface area contributed by atoms with Gasteiger partial charge in [-0.2, -0.15) is 0 Å². The highest BCUT2D eigenvalue weighted by Gasteiger charge is 2.26. The van der Waals surface area contributed by atoms with Crippen LogP contribution in [0.5, 0.6) is 0 Å². The molecule has 0 spiro atoms. The van der Waals surface area contributed by atoms with Gasteiger partial charge in [0.2, 0.25) is 0 Å². The van der Waals surface area contributed by atoms with E-state index >= 15 is 0 Å². The summed E-state index contributed by atoms with van der Waals surface area (Å²) in [6, 6.07) is 7.76. The fraction of sp³-hybridized carbons (Fsp3) is 0.769. The van der Waals surface area contributed by atoms with Crippen molar-refractivity contribution in [3.8, 4) is 0 Å². The third-order valence-electron chi connectivity index (χ3n) is 12.3. The third-order valence-corrected chi connectivity index (χ3v) is 13.3. The number of phosphoric ester groups is 1. The molecular weight excluding hydrogens is 856 g/mol. The normalized spacial score (nSPS) is 13.1. The Morgan fingerprint density at radius 1 is 0.652 bits per heavy atom. The van der Waals surface area contributed by atoms with Crippen molar-refractivity contribution in [3.63, 3.8) is 0 Å². The number of aryl methyl sites for hydroxylation is 1. The van der Waals surface area contributed by atoms with Crippen molar-refractivity contribution in [2.45, 2.75) is 233 Å². The van der Waals surface area contributed by atoms with Gasteiger partial charge in [-0.05, 0) is 38.7 Å². The number of carbonyl (C=O) groups is 2. The van der Waals surface area contributed by atoms with Crippen molar-refractivity contribution in [1.82, 2.24) is 14.5 Å². The number of nitrogen functional groups attached to an aromatic ring is 1. The average Bonchev–Trinajstić information content (AvgIpc) is 3.68. The van der Waals surface area contributed by atoms with E-state index in [-0.39, 0.29) is 32.0 Å². The molecule has 0 fully saturated rings. The maximum absolute atomic E-state index is 13.0. The molecule has 0 amide bonds. The standard InChI is InChI=1S/C52H89N4O9P/c1-4-7-9-11-13-15-17-19-21-23-25-27-29-37-48(57)62-41-44(65-49(58)38-30-28-26-24-22-20-18-16-14-12-10-8-5-2)42-64-66(59,60)63-40-34-33-39-56-47(43-61-6-3)55-50-51(56)45-35-31-32-36-46(45)54-52(50)53/h31-32,35-36,44H,4-30,33-34,37-43H2,1-3H3,(H2,53,54)(H,59,60)/t44-/m1/s1. The Morgan fingerprint density at radius 3 is 1.71 bits per heavy atom. The Bertz CT molecular complexity index is 1790. The van der Waals surface area contributed by atoms with Crippen LogP contribution in [0.2, 0.25) is 0 Å². The molecule has 3 rings (SSSR count). The molecule has 66 heavy (non-hydrogen) atoms. The van der Waals surface area contributed by atoms with E-state index in [1.165, 1.54) is 122 Å². The van der Waals surface area contributed by atoms with Crippen LogP contribution >= 0.6 is 7.82 Å². The Labute approximate surface area is 398 Å². The monoisotopic (exact) mass is 945 g/mol. The average molecular weight is 945 g/mol. The fourth-order valence-corrected chi connectivity index (χ4v) is 9.20. The van der Waals surface area contributed by atoms with Gasteiger partial charge >= 0.3 is 19.8 Å². The van der Waals surface area contributed by atoms with E-state index in [1.807, 2.05) is 31.2 Å². The van der Waals surface area contributed by atoms with Crippen LogP contribution in [0.15, 0.2) is 24.3 Å². The van der Waals surface area contributed by atoms with Crippen LogP contribution in [0.25, 0.3) is 21.9 Å². The van der Waals surface area contributed by atoms with Crippen LogP contribution in [0.3, 0.4) is 0 Å². The number of para-hydroxylation sites is 1. The van der Waals surface area contributed by atoms with Crippen molar-refractivity contribution >= 4 is 47.5 Å². The highest BCUT2D eigenvalue weighted by Crippen LogP contribution is 2.43. The van der Waals surface area contributed by atoms with Crippen LogP contribution in [-0.4, -0.2) is 63.9 Å². The zero-order chi connectivity index (χ0) is 47.5. The molecule has 1 aromatic carbocycles. The number of phosphoric acid groups is 1. The number of anilines is 1. The molecule has 1 unspecified atom stereocenters. The zero-order valence-corrected chi connectivity index (χ0v) is 42.3. The molecule has 0 saturated carbocycles. The second-order valence-corrected chi connectivity index (χ2v) is 19.6. The van der Waals surface area contributed by atoms with Gasteiger partial charge in [-0.15, -0.1) is 0 Å². The quantitative estimate of drug-likeness (QED) is 0.0313. The number of fused-ring (bicyclic) bond motifs is 3. The molecule has 0 bridgehead atoms. The molecule has 0 aliphatic carbocycles. The van der Waals surface area contributed by atoms with Gasteiger partial charge < -0.3 is 29.4 Å². The minimum atomic E-state index is -4.53. The van der Waals surface area contributed by atoms with Gasteiger partial charge in [-0.3, -0.25) is 18.6 Å². The first-order valence-corrected chi connectivity index (χ1v) is 27.8. The van der Waals surface area contributed by atoms with E-state index < -0.39 is 26.5 Å². The number of hydrogen-bond acceptors (Lipinski definition) is 11. The highest BCUT2D eigenvalue weighted by molar-refractivity contribution is 7.47. The fourth-order valence-electron chi connectivity index (χ4n) is 8.41. The topological polar surface area (TPSA) is 174 Å². The van der Waals surface area contributed by atoms with E-state index in [0.29, 0.717) is 56.2 Å². The maximum atomic E-state index is 13.0. The number of pyridine rings is 1. The second kappa shape index (κ2) is 36.0. The predicted octanol–water partition coefficient (Wildman–Crippen LogP) is 14.0. The number of esters is 2. The summed E-state index contributed by atoms with van der Waals surface area (Å²) in [5, 5.41) is 0.923. The molecule has 2 atom stereocenters. The summed E-state index contributed by atoms with van der Waals surface area (Å²) in [7, 11) is -4.53. The molecule has 2 heterocycles. The number of nitrogens with zero attached hydrogens (tertiary/aromatic N) is 3. The van der Waals surface area contributed by atoms with Crippen molar-refractivity contribution < 1.29 is 42.3 Å². The smallest absolute Gasteiger partial charge is 0.462 e. The number of nitrogens with two attached hydrogens (primary N) is 1. The molecule has 3 N–H and O–H groups in total. The molecule has 13 nitrogen and oxygen atoms in total. The van der Waals surface area contributed by atoms with Gasteiger partial charge in [-0.1, -0.05) is 186 Å². The number of carbonyl (C=O) groups excluding carboxylic acids is 2.